The summed E-state index contributed by atoms with van der Waals surface area (Å²) in [6, 6.07) is 18.2. The summed E-state index contributed by atoms with van der Waals surface area (Å²) in [5, 5.41) is 28.0. The summed E-state index contributed by atoms with van der Waals surface area (Å²) in [5.74, 6) is -3.08. The molecule has 3 aromatic carbocycles. The summed E-state index contributed by atoms with van der Waals surface area (Å²) >= 11 is 0. The van der Waals surface area contributed by atoms with Crippen molar-refractivity contribution in [2.75, 3.05) is 0 Å². The molecule has 1 heterocycles. The van der Waals surface area contributed by atoms with Crippen molar-refractivity contribution < 1.29 is 29.4 Å². The van der Waals surface area contributed by atoms with Gasteiger partial charge in [-0.15, -0.1) is 0 Å². The van der Waals surface area contributed by atoms with E-state index in [0.717, 1.165) is 22.0 Å². The standard InChI is InChI=1S/C32H35N5O6/c1-19(35-30(40)25(33)17-22-18-34-26-10-6-5-9-24(22)26)29(39)36-27(15-20-7-3-2-4-8-20)31(41)37-28(32(42)43)16-21-11-13-23(38)14-12-21/h2-14,18-19,25,27-28,34,38H,15-17,33H2,1H3,(H,35,40)(H,36,39)(H,37,41)(H,42,43). The second kappa shape index (κ2) is 14.1. The molecule has 0 aliphatic carbocycles. The summed E-state index contributed by atoms with van der Waals surface area (Å²) in [6.07, 6.45) is 2.10. The molecular formula is C32H35N5O6. The van der Waals surface area contributed by atoms with Crippen molar-refractivity contribution in [1.82, 2.24) is 20.9 Å². The van der Waals surface area contributed by atoms with E-state index in [1.807, 2.05) is 30.3 Å². The highest BCUT2D eigenvalue weighted by Crippen LogP contribution is 2.19. The Morgan fingerprint density at radius 2 is 1.35 bits per heavy atom. The number of para-hydroxylation sites is 1. The van der Waals surface area contributed by atoms with Gasteiger partial charge in [0.05, 0.1) is 6.04 Å². The lowest BCUT2D eigenvalue weighted by atomic mass is 10.0. The summed E-state index contributed by atoms with van der Waals surface area (Å²) in [4.78, 5) is 54.5. The smallest absolute Gasteiger partial charge is 0.326 e. The van der Waals surface area contributed by atoms with Gasteiger partial charge in [0.15, 0.2) is 0 Å². The fourth-order valence-electron chi connectivity index (χ4n) is 4.71. The van der Waals surface area contributed by atoms with Gasteiger partial charge in [0.1, 0.15) is 23.9 Å². The van der Waals surface area contributed by atoms with Crippen LogP contribution in [0.2, 0.25) is 0 Å². The molecule has 1 aromatic heterocycles. The number of carbonyl (C=O) groups is 4. The molecule has 4 atom stereocenters. The number of H-pyrrole nitrogens is 1. The van der Waals surface area contributed by atoms with Crippen LogP contribution in [-0.4, -0.2) is 63.1 Å². The Labute approximate surface area is 248 Å². The number of aromatic amines is 1. The van der Waals surface area contributed by atoms with Gasteiger partial charge in [0, 0.05) is 29.9 Å². The van der Waals surface area contributed by atoms with Gasteiger partial charge in [-0.1, -0.05) is 60.7 Å². The van der Waals surface area contributed by atoms with Gasteiger partial charge in [-0.25, -0.2) is 4.79 Å². The van der Waals surface area contributed by atoms with Crippen molar-refractivity contribution in [1.29, 1.82) is 0 Å². The molecule has 0 aliphatic rings. The van der Waals surface area contributed by atoms with Gasteiger partial charge in [0.25, 0.3) is 0 Å². The van der Waals surface area contributed by atoms with Crippen LogP contribution in [-0.2, 0) is 38.4 Å². The number of fused-ring (bicyclic) bond motifs is 1. The average molecular weight is 586 g/mol. The van der Waals surface area contributed by atoms with Crippen molar-refractivity contribution in [3.8, 4) is 5.75 Å². The molecule has 4 aromatic rings. The van der Waals surface area contributed by atoms with Gasteiger partial charge in [-0.3, -0.25) is 14.4 Å². The van der Waals surface area contributed by atoms with E-state index in [2.05, 4.69) is 20.9 Å². The summed E-state index contributed by atoms with van der Waals surface area (Å²) < 4.78 is 0. The third-order valence-electron chi connectivity index (χ3n) is 7.11. The van der Waals surface area contributed by atoms with E-state index in [1.165, 1.54) is 19.1 Å². The highest BCUT2D eigenvalue weighted by atomic mass is 16.4. The van der Waals surface area contributed by atoms with E-state index in [1.54, 1.807) is 42.6 Å². The number of amides is 3. The van der Waals surface area contributed by atoms with Crippen molar-refractivity contribution in [3.63, 3.8) is 0 Å². The second-order valence-electron chi connectivity index (χ2n) is 10.4. The Kier molecular flexibility index (Phi) is 10.1. The zero-order valence-corrected chi connectivity index (χ0v) is 23.6. The first-order valence-corrected chi connectivity index (χ1v) is 13.9. The Morgan fingerprint density at radius 3 is 2.05 bits per heavy atom. The molecular weight excluding hydrogens is 550 g/mol. The molecule has 0 fully saturated rings. The van der Waals surface area contributed by atoms with E-state index in [-0.39, 0.29) is 25.0 Å². The van der Waals surface area contributed by atoms with Gasteiger partial charge >= 0.3 is 5.97 Å². The number of aliphatic carboxylic acids is 1. The summed E-state index contributed by atoms with van der Waals surface area (Å²) in [6.45, 7) is 1.48. The molecule has 0 spiro atoms. The predicted octanol–water partition coefficient (Wildman–Crippen LogP) is 1.79. The van der Waals surface area contributed by atoms with Crippen molar-refractivity contribution in [3.05, 3.63) is 102 Å². The fourth-order valence-corrected chi connectivity index (χ4v) is 4.71. The van der Waals surface area contributed by atoms with Gasteiger partial charge < -0.3 is 36.9 Å². The van der Waals surface area contributed by atoms with Gasteiger partial charge in [-0.05, 0) is 48.2 Å². The minimum Gasteiger partial charge on any atom is -0.508 e. The molecule has 4 rings (SSSR count). The Morgan fingerprint density at radius 1 is 0.744 bits per heavy atom. The first-order valence-electron chi connectivity index (χ1n) is 13.9. The van der Waals surface area contributed by atoms with Crippen molar-refractivity contribution in [2.45, 2.75) is 50.4 Å². The first kappa shape index (κ1) is 30.8. The number of carboxylic acids is 1. The minimum absolute atomic E-state index is 0.0328. The number of nitrogens with one attached hydrogen (secondary N) is 4. The minimum atomic E-state index is -1.29. The van der Waals surface area contributed by atoms with E-state index in [9.17, 15) is 29.4 Å². The largest absolute Gasteiger partial charge is 0.508 e. The van der Waals surface area contributed by atoms with E-state index < -0.39 is 47.9 Å². The Bertz CT molecular complexity index is 1570. The molecule has 0 radical (unpaired) electrons. The van der Waals surface area contributed by atoms with E-state index in [4.69, 9.17) is 5.73 Å². The van der Waals surface area contributed by atoms with Gasteiger partial charge in [0.2, 0.25) is 17.7 Å². The lowest BCUT2D eigenvalue weighted by Gasteiger charge is -2.24. The monoisotopic (exact) mass is 585 g/mol. The third-order valence-corrected chi connectivity index (χ3v) is 7.11. The maximum absolute atomic E-state index is 13.3. The van der Waals surface area contributed by atoms with Crippen LogP contribution in [0.1, 0.15) is 23.6 Å². The first-order chi connectivity index (χ1) is 20.6. The molecule has 0 saturated carbocycles. The molecule has 224 valence electrons. The van der Waals surface area contributed by atoms with Crippen LogP contribution in [0.4, 0.5) is 0 Å². The number of phenols is 1. The van der Waals surface area contributed by atoms with E-state index >= 15 is 0 Å². The number of phenolic OH excluding ortho intramolecular Hbond substituents is 1. The Hall–Kier alpha value is -5.16. The van der Waals surface area contributed by atoms with Crippen LogP contribution in [0.15, 0.2) is 85.1 Å². The van der Waals surface area contributed by atoms with Crippen molar-refractivity contribution >= 4 is 34.6 Å². The number of nitrogens with two attached hydrogens (primary N) is 1. The average Bonchev–Trinajstić information content (AvgIpc) is 3.40. The molecule has 43 heavy (non-hydrogen) atoms. The molecule has 11 heteroatoms. The number of carbonyl (C=O) groups excluding carboxylic acids is 3. The lowest BCUT2D eigenvalue weighted by molar-refractivity contribution is -0.142. The zero-order valence-electron chi connectivity index (χ0n) is 23.6. The van der Waals surface area contributed by atoms with Crippen LogP contribution in [0.25, 0.3) is 10.9 Å². The summed E-state index contributed by atoms with van der Waals surface area (Å²) in [5.41, 5.74) is 9.29. The maximum Gasteiger partial charge on any atom is 0.326 e. The molecule has 0 bridgehead atoms. The normalized spacial score (nSPS) is 13.8. The molecule has 0 saturated heterocycles. The van der Waals surface area contributed by atoms with Crippen LogP contribution in [0, 0.1) is 0 Å². The quantitative estimate of drug-likeness (QED) is 0.125. The Balaban J connectivity index is 1.41. The van der Waals surface area contributed by atoms with Gasteiger partial charge in [-0.2, -0.15) is 0 Å². The predicted molar refractivity (Wildman–Crippen MR) is 161 cm³/mol. The number of aromatic hydroxyl groups is 1. The topological polar surface area (TPSA) is 187 Å². The highest BCUT2D eigenvalue weighted by molar-refractivity contribution is 5.94. The summed E-state index contributed by atoms with van der Waals surface area (Å²) in [7, 11) is 0. The SMILES string of the molecule is CC(NC(=O)C(N)Cc1c[nH]c2ccccc12)C(=O)NC(Cc1ccccc1)C(=O)NC(Cc1ccc(O)cc1)C(=O)O. The second-order valence-corrected chi connectivity index (χ2v) is 10.4. The molecule has 8 N–H and O–H groups in total. The van der Waals surface area contributed by atoms with E-state index in [0.29, 0.717) is 5.56 Å². The molecule has 0 aliphatic heterocycles. The number of hydrogen-bond donors (Lipinski definition) is 7. The van der Waals surface area contributed by atoms with Crippen LogP contribution < -0.4 is 21.7 Å². The fraction of sp³-hybridized carbons (Fsp3) is 0.250. The van der Waals surface area contributed by atoms with Crippen LogP contribution in [0.5, 0.6) is 5.75 Å². The third kappa shape index (κ3) is 8.43. The molecule has 4 unspecified atom stereocenters. The number of aromatic nitrogens is 1. The highest BCUT2D eigenvalue weighted by Gasteiger charge is 2.29. The number of carboxylic acid groups (broad SMARTS) is 1. The zero-order chi connectivity index (χ0) is 30.9. The number of hydrogen-bond acceptors (Lipinski definition) is 6. The van der Waals surface area contributed by atoms with Crippen LogP contribution in [0.3, 0.4) is 0 Å². The number of benzene rings is 3. The molecule has 11 nitrogen and oxygen atoms in total. The number of rotatable bonds is 13. The molecule has 3 amide bonds. The van der Waals surface area contributed by atoms with Crippen LogP contribution >= 0.6 is 0 Å². The maximum atomic E-state index is 13.3. The van der Waals surface area contributed by atoms with Crippen molar-refractivity contribution in [2.24, 2.45) is 5.73 Å². The lowest BCUT2D eigenvalue weighted by Crippen LogP contribution is -2.57.